The SMILES string of the molecule is CCCCOC(=O)N[C@@H](Cc1ccc2ccccc2c1)C(=O)O. The summed E-state index contributed by atoms with van der Waals surface area (Å²) in [5.41, 5.74) is 0.852. The number of fused-ring (bicyclic) bond motifs is 1. The van der Waals surface area contributed by atoms with Crippen molar-refractivity contribution in [2.24, 2.45) is 0 Å². The summed E-state index contributed by atoms with van der Waals surface area (Å²) in [6.07, 6.45) is 1.19. The van der Waals surface area contributed by atoms with Gasteiger partial charge in [0, 0.05) is 6.42 Å². The van der Waals surface area contributed by atoms with Gasteiger partial charge in [-0.2, -0.15) is 0 Å². The molecule has 0 spiro atoms. The number of unbranched alkanes of at least 4 members (excludes halogenated alkanes) is 1. The number of carbonyl (C=O) groups is 2. The zero-order chi connectivity index (χ0) is 16.7. The van der Waals surface area contributed by atoms with Crippen LogP contribution >= 0.6 is 0 Å². The summed E-state index contributed by atoms with van der Waals surface area (Å²) in [6.45, 7) is 2.28. The van der Waals surface area contributed by atoms with Crippen LogP contribution in [0.25, 0.3) is 10.8 Å². The van der Waals surface area contributed by atoms with Crippen LogP contribution in [-0.2, 0) is 16.0 Å². The van der Waals surface area contributed by atoms with Crippen LogP contribution in [0.4, 0.5) is 4.79 Å². The van der Waals surface area contributed by atoms with Gasteiger partial charge in [-0.25, -0.2) is 9.59 Å². The van der Waals surface area contributed by atoms with Gasteiger partial charge in [-0.05, 0) is 22.8 Å². The Bertz CT molecular complexity index is 684. The molecule has 0 fully saturated rings. The molecule has 0 unspecified atom stereocenters. The first-order valence-electron chi connectivity index (χ1n) is 7.74. The topological polar surface area (TPSA) is 75.6 Å². The molecule has 2 N–H and O–H groups in total. The minimum Gasteiger partial charge on any atom is -0.480 e. The summed E-state index contributed by atoms with van der Waals surface area (Å²) in [7, 11) is 0. The quantitative estimate of drug-likeness (QED) is 0.768. The first-order valence-corrected chi connectivity index (χ1v) is 7.74. The summed E-state index contributed by atoms with van der Waals surface area (Å²) < 4.78 is 4.96. The number of amides is 1. The van der Waals surface area contributed by atoms with E-state index >= 15 is 0 Å². The lowest BCUT2D eigenvalue weighted by atomic mass is 10.0. The second-order valence-corrected chi connectivity index (χ2v) is 5.41. The first-order chi connectivity index (χ1) is 11.1. The molecule has 0 aliphatic heterocycles. The highest BCUT2D eigenvalue weighted by atomic mass is 16.5. The molecule has 1 atom stereocenters. The minimum absolute atomic E-state index is 0.211. The smallest absolute Gasteiger partial charge is 0.407 e. The number of hydrogen-bond acceptors (Lipinski definition) is 3. The highest BCUT2D eigenvalue weighted by molar-refractivity contribution is 5.84. The maximum Gasteiger partial charge on any atom is 0.407 e. The van der Waals surface area contributed by atoms with Crippen LogP contribution in [-0.4, -0.2) is 29.8 Å². The van der Waals surface area contributed by atoms with Gasteiger partial charge < -0.3 is 15.2 Å². The molecule has 0 radical (unpaired) electrons. The molecule has 5 nitrogen and oxygen atoms in total. The zero-order valence-corrected chi connectivity index (χ0v) is 13.1. The molecule has 122 valence electrons. The number of alkyl carbamates (subject to hydrolysis) is 1. The van der Waals surface area contributed by atoms with Crippen molar-refractivity contribution in [3.05, 3.63) is 48.0 Å². The van der Waals surface area contributed by atoms with E-state index in [0.29, 0.717) is 6.61 Å². The van der Waals surface area contributed by atoms with Gasteiger partial charge in [-0.15, -0.1) is 0 Å². The van der Waals surface area contributed by atoms with Gasteiger partial charge >= 0.3 is 12.1 Å². The molecule has 0 saturated heterocycles. The van der Waals surface area contributed by atoms with E-state index in [1.807, 2.05) is 49.4 Å². The lowest BCUT2D eigenvalue weighted by Crippen LogP contribution is -2.42. The predicted octanol–water partition coefficient (Wildman–Crippen LogP) is 3.36. The molecule has 5 heteroatoms. The number of ether oxygens (including phenoxy) is 1. The fourth-order valence-electron chi connectivity index (χ4n) is 2.29. The van der Waals surface area contributed by atoms with Crippen molar-refractivity contribution in [1.29, 1.82) is 0 Å². The number of carboxylic acid groups (broad SMARTS) is 1. The van der Waals surface area contributed by atoms with Crippen molar-refractivity contribution in [2.75, 3.05) is 6.61 Å². The monoisotopic (exact) mass is 315 g/mol. The van der Waals surface area contributed by atoms with Gasteiger partial charge in [-0.3, -0.25) is 0 Å². The van der Waals surface area contributed by atoms with E-state index in [1.165, 1.54) is 0 Å². The number of carbonyl (C=O) groups excluding carboxylic acids is 1. The van der Waals surface area contributed by atoms with E-state index in [-0.39, 0.29) is 6.42 Å². The molecule has 23 heavy (non-hydrogen) atoms. The lowest BCUT2D eigenvalue weighted by Gasteiger charge is -2.15. The molecular weight excluding hydrogens is 294 g/mol. The van der Waals surface area contributed by atoms with E-state index < -0.39 is 18.1 Å². The maximum absolute atomic E-state index is 11.6. The average molecular weight is 315 g/mol. The van der Waals surface area contributed by atoms with Crippen LogP contribution in [0, 0.1) is 0 Å². The van der Waals surface area contributed by atoms with Crippen molar-refractivity contribution in [3.63, 3.8) is 0 Å². The van der Waals surface area contributed by atoms with E-state index in [9.17, 15) is 14.7 Å². The first kappa shape index (κ1) is 16.8. The Morgan fingerprint density at radius 3 is 2.61 bits per heavy atom. The predicted molar refractivity (Wildman–Crippen MR) is 88.5 cm³/mol. The lowest BCUT2D eigenvalue weighted by molar-refractivity contribution is -0.139. The number of benzene rings is 2. The highest BCUT2D eigenvalue weighted by Crippen LogP contribution is 2.16. The van der Waals surface area contributed by atoms with E-state index in [2.05, 4.69) is 5.32 Å². The standard InChI is InChI=1S/C18H21NO4/c1-2-3-10-23-18(22)19-16(17(20)21)12-13-8-9-14-6-4-5-7-15(14)11-13/h4-9,11,16H,2-3,10,12H2,1H3,(H,19,22)(H,20,21)/t16-/m0/s1. The van der Waals surface area contributed by atoms with Crippen LogP contribution in [0.5, 0.6) is 0 Å². The summed E-state index contributed by atoms with van der Waals surface area (Å²) in [4.78, 5) is 23.0. The Balaban J connectivity index is 2.02. The molecule has 0 bridgehead atoms. The zero-order valence-electron chi connectivity index (χ0n) is 13.1. The second-order valence-electron chi connectivity index (χ2n) is 5.41. The largest absolute Gasteiger partial charge is 0.480 e. The van der Waals surface area contributed by atoms with E-state index in [0.717, 1.165) is 29.2 Å². The Kier molecular flexibility index (Phi) is 5.97. The fourth-order valence-corrected chi connectivity index (χ4v) is 2.29. The molecule has 1 amide bonds. The second kappa shape index (κ2) is 8.17. The minimum atomic E-state index is -1.08. The maximum atomic E-state index is 11.6. The van der Waals surface area contributed by atoms with Gasteiger partial charge in [0.1, 0.15) is 6.04 Å². The summed E-state index contributed by atoms with van der Waals surface area (Å²) in [5, 5.41) is 13.8. The van der Waals surface area contributed by atoms with Gasteiger partial charge in [0.2, 0.25) is 0 Å². The third kappa shape index (κ3) is 4.98. The van der Waals surface area contributed by atoms with Crippen molar-refractivity contribution in [2.45, 2.75) is 32.2 Å². The van der Waals surface area contributed by atoms with Crippen molar-refractivity contribution in [3.8, 4) is 0 Å². The van der Waals surface area contributed by atoms with Crippen molar-refractivity contribution < 1.29 is 19.4 Å². The van der Waals surface area contributed by atoms with Gasteiger partial charge in [0.05, 0.1) is 6.61 Å². The third-order valence-electron chi connectivity index (χ3n) is 3.57. The Morgan fingerprint density at radius 2 is 1.91 bits per heavy atom. The Labute approximate surface area is 135 Å². The van der Waals surface area contributed by atoms with Gasteiger partial charge in [0.25, 0.3) is 0 Å². The Hall–Kier alpha value is -2.56. The number of hydrogen-bond donors (Lipinski definition) is 2. The molecule has 2 aromatic carbocycles. The van der Waals surface area contributed by atoms with Crippen LogP contribution in [0.2, 0.25) is 0 Å². The summed E-state index contributed by atoms with van der Waals surface area (Å²) >= 11 is 0. The van der Waals surface area contributed by atoms with E-state index in [4.69, 9.17) is 4.74 Å². The van der Waals surface area contributed by atoms with E-state index in [1.54, 1.807) is 0 Å². The van der Waals surface area contributed by atoms with Crippen LogP contribution < -0.4 is 5.32 Å². The van der Waals surface area contributed by atoms with Gasteiger partial charge in [-0.1, -0.05) is 55.8 Å². The average Bonchev–Trinajstić information content (AvgIpc) is 2.54. The number of nitrogens with one attached hydrogen (secondary N) is 1. The normalized spacial score (nSPS) is 11.9. The van der Waals surface area contributed by atoms with Crippen LogP contribution in [0.1, 0.15) is 25.3 Å². The molecule has 0 aliphatic carbocycles. The molecular formula is C18H21NO4. The molecule has 0 aromatic heterocycles. The molecule has 0 heterocycles. The number of rotatable bonds is 7. The molecule has 0 aliphatic rings. The molecule has 2 aromatic rings. The van der Waals surface area contributed by atoms with Gasteiger partial charge in [0.15, 0.2) is 0 Å². The number of carboxylic acids is 1. The Morgan fingerprint density at radius 1 is 1.17 bits per heavy atom. The molecule has 2 rings (SSSR count). The van der Waals surface area contributed by atoms with Crippen molar-refractivity contribution >= 4 is 22.8 Å². The molecule has 0 saturated carbocycles. The summed E-state index contributed by atoms with van der Waals surface area (Å²) in [6, 6.07) is 12.6. The fraction of sp³-hybridized carbons (Fsp3) is 0.333. The van der Waals surface area contributed by atoms with Crippen LogP contribution in [0.15, 0.2) is 42.5 Å². The van der Waals surface area contributed by atoms with Crippen molar-refractivity contribution in [1.82, 2.24) is 5.32 Å². The number of aliphatic carboxylic acids is 1. The van der Waals surface area contributed by atoms with Crippen LogP contribution in [0.3, 0.4) is 0 Å². The highest BCUT2D eigenvalue weighted by Gasteiger charge is 2.21. The third-order valence-corrected chi connectivity index (χ3v) is 3.57. The summed E-state index contributed by atoms with van der Waals surface area (Å²) in [5.74, 6) is -1.08.